The average Bonchev–Trinajstić information content (AvgIpc) is 2.92. The van der Waals surface area contributed by atoms with E-state index in [1.165, 1.54) is 18.4 Å². The van der Waals surface area contributed by atoms with Gasteiger partial charge in [0.15, 0.2) is 5.78 Å². The number of allylic oxidation sites excluding steroid dienone is 1. The molecule has 134 valence electrons. The molecule has 4 rings (SSSR count). The third kappa shape index (κ3) is 2.20. The standard InChI is InChI=1S/C21H32O3/c1-20-9-7-14(23)11-13(20)3-4-15-16-5-6-18(19(24)12-22)21(16,2)10-8-17(15)20/h11,14-18,22-23H,3-10,12H2,1-2H3. The maximum atomic E-state index is 12.3. The number of fused-ring (bicyclic) bond motifs is 5. The lowest BCUT2D eigenvalue weighted by atomic mass is 9.46. The van der Waals surface area contributed by atoms with Crippen molar-refractivity contribution in [2.45, 2.75) is 71.3 Å². The predicted octanol–water partition coefficient (Wildman–Crippen LogP) is 3.49. The molecular weight excluding hydrogens is 300 g/mol. The Kier molecular flexibility index (Phi) is 3.96. The highest BCUT2D eigenvalue weighted by molar-refractivity contribution is 5.83. The molecule has 0 bridgehead atoms. The first-order valence-electron chi connectivity index (χ1n) is 9.93. The van der Waals surface area contributed by atoms with Crippen LogP contribution in [0.5, 0.6) is 0 Å². The number of hydrogen-bond donors (Lipinski definition) is 2. The SMILES string of the molecule is CC12CCC(O)C=C1CCC1C2CCC2(C)C(C(=O)CO)CCC12. The molecule has 3 nitrogen and oxygen atoms in total. The Hall–Kier alpha value is -0.670. The molecule has 7 unspecified atom stereocenters. The van der Waals surface area contributed by atoms with E-state index in [0.717, 1.165) is 44.4 Å². The van der Waals surface area contributed by atoms with E-state index in [0.29, 0.717) is 11.8 Å². The van der Waals surface area contributed by atoms with E-state index in [4.69, 9.17) is 0 Å². The monoisotopic (exact) mass is 332 g/mol. The zero-order valence-corrected chi connectivity index (χ0v) is 15.1. The highest BCUT2D eigenvalue weighted by atomic mass is 16.3. The zero-order chi connectivity index (χ0) is 17.1. The Bertz CT molecular complexity index is 567. The van der Waals surface area contributed by atoms with Gasteiger partial charge in [0.1, 0.15) is 6.61 Å². The van der Waals surface area contributed by atoms with Crippen molar-refractivity contribution in [3.63, 3.8) is 0 Å². The number of aliphatic hydroxyl groups excluding tert-OH is 2. The quantitative estimate of drug-likeness (QED) is 0.761. The van der Waals surface area contributed by atoms with Gasteiger partial charge in [-0.05, 0) is 80.0 Å². The van der Waals surface area contributed by atoms with Crippen molar-refractivity contribution >= 4 is 5.78 Å². The van der Waals surface area contributed by atoms with Gasteiger partial charge in [0.25, 0.3) is 0 Å². The molecule has 4 aliphatic rings. The van der Waals surface area contributed by atoms with Gasteiger partial charge in [0.05, 0.1) is 6.10 Å². The van der Waals surface area contributed by atoms with E-state index >= 15 is 0 Å². The van der Waals surface area contributed by atoms with Crippen LogP contribution in [-0.4, -0.2) is 28.7 Å². The molecule has 0 heterocycles. The molecule has 0 aromatic rings. The van der Waals surface area contributed by atoms with Gasteiger partial charge in [-0.3, -0.25) is 4.79 Å². The number of rotatable bonds is 2. The maximum absolute atomic E-state index is 12.3. The van der Waals surface area contributed by atoms with Gasteiger partial charge in [-0.2, -0.15) is 0 Å². The Morgan fingerprint density at radius 2 is 1.92 bits per heavy atom. The second-order valence-corrected chi connectivity index (χ2v) is 9.43. The molecule has 24 heavy (non-hydrogen) atoms. The first kappa shape index (κ1) is 16.8. The minimum absolute atomic E-state index is 0.0712. The van der Waals surface area contributed by atoms with Gasteiger partial charge in [-0.15, -0.1) is 0 Å². The van der Waals surface area contributed by atoms with Gasteiger partial charge < -0.3 is 10.2 Å². The molecule has 3 fully saturated rings. The van der Waals surface area contributed by atoms with Crippen molar-refractivity contribution in [1.29, 1.82) is 0 Å². The molecule has 3 saturated carbocycles. The van der Waals surface area contributed by atoms with Crippen LogP contribution in [0.25, 0.3) is 0 Å². The van der Waals surface area contributed by atoms with E-state index in [1.807, 2.05) is 0 Å². The lowest BCUT2D eigenvalue weighted by molar-refractivity contribution is -0.132. The van der Waals surface area contributed by atoms with Crippen molar-refractivity contribution in [2.24, 2.45) is 34.5 Å². The predicted molar refractivity (Wildman–Crippen MR) is 93.3 cm³/mol. The lowest BCUT2D eigenvalue weighted by Crippen LogP contribution is -2.51. The molecule has 4 aliphatic carbocycles. The van der Waals surface area contributed by atoms with Crippen molar-refractivity contribution in [3.05, 3.63) is 11.6 Å². The van der Waals surface area contributed by atoms with Crippen LogP contribution in [0.15, 0.2) is 11.6 Å². The van der Waals surface area contributed by atoms with Crippen LogP contribution in [0.1, 0.15) is 65.2 Å². The highest BCUT2D eigenvalue weighted by Crippen LogP contribution is 2.66. The highest BCUT2D eigenvalue weighted by Gasteiger charge is 2.59. The summed E-state index contributed by atoms with van der Waals surface area (Å²) in [5.74, 6) is 2.22. The summed E-state index contributed by atoms with van der Waals surface area (Å²) in [6, 6.07) is 0. The summed E-state index contributed by atoms with van der Waals surface area (Å²) in [4.78, 5) is 12.3. The van der Waals surface area contributed by atoms with Crippen LogP contribution < -0.4 is 0 Å². The molecule has 0 radical (unpaired) electrons. The van der Waals surface area contributed by atoms with Crippen LogP contribution in [0, 0.1) is 34.5 Å². The minimum Gasteiger partial charge on any atom is -0.389 e. The van der Waals surface area contributed by atoms with Crippen molar-refractivity contribution in [3.8, 4) is 0 Å². The van der Waals surface area contributed by atoms with E-state index < -0.39 is 0 Å². The first-order chi connectivity index (χ1) is 11.4. The second-order valence-electron chi connectivity index (χ2n) is 9.43. The fourth-order valence-electron chi connectivity index (χ4n) is 7.35. The van der Waals surface area contributed by atoms with Crippen LogP contribution in [0.3, 0.4) is 0 Å². The van der Waals surface area contributed by atoms with E-state index in [9.17, 15) is 15.0 Å². The van der Waals surface area contributed by atoms with E-state index in [2.05, 4.69) is 19.9 Å². The van der Waals surface area contributed by atoms with Gasteiger partial charge in [-0.25, -0.2) is 0 Å². The normalized spacial score (nSPS) is 50.5. The smallest absolute Gasteiger partial charge is 0.161 e. The lowest BCUT2D eigenvalue weighted by Gasteiger charge is -2.58. The Labute approximate surface area is 145 Å². The number of carbonyl (C=O) groups is 1. The van der Waals surface area contributed by atoms with Crippen molar-refractivity contribution in [1.82, 2.24) is 0 Å². The minimum atomic E-state index is -0.288. The summed E-state index contributed by atoms with van der Waals surface area (Å²) in [7, 11) is 0. The third-order valence-electron chi connectivity index (χ3n) is 8.63. The maximum Gasteiger partial charge on any atom is 0.161 e. The Morgan fingerprint density at radius 3 is 2.67 bits per heavy atom. The van der Waals surface area contributed by atoms with Crippen LogP contribution in [-0.2, 0) is 4.79 Å². The summed E-state index contributed by atoms with van der Waals surface area (Å²) >= 11 is 0. The van der Waals surface area contributed by atoms with E-state index in [1.54, 1.807) is 0 Å². The Balaban J connectivity index is 1.63. The van der Waals surface area contributed by atoms with Gasteiger partial charge >= 0.3 is 0 Å². The van der Waals surface area contributed by atoms with Gasteiger partial charge in [-0.1, -0.05) is 25.5 Å². The number of carbonyl (C=O) groups excluding carboxylic acids is 1. The number of ketones is 1. The second kappa shape index (κ2) is 5.67. The average molecular weight is 332 g/mol. The summed E-state index contributed by atoms with van der Waals surface area (Å²) in [6.07, 6.45) is 10.7. The number of Topliss-reactive ketones (excluding diaryl/α,β-unsaturated/α-hetero) is 1. The summed E-state index contributed by atoms with van der Waals surface area (Å²) in [5.41, 5.74) is 1.88. The fraction of sp³-hybridized carbons (Fsp3) is 0.857. The zero-order valence-electron chi connectivity index (χ0n) is 15.1. The molecule has 2 N–H and O–H groups in total. The fourth-order valence-corrected chi connectivity index (χ4v) is 7.35. The molecule has 0 aliphatic heterocycles. The van der Waals surface area contributed by atoms with Crippen LogP contribution >= 0.6 is 0 Å². The molecule has 0 aromatic heterocycles. The third-order valence-corrected chi connectivity index (χ3v) is 8.63. The van der Waals surface area contributed by atoms with Gasteiger partial charge in [0.2, 0.25) is 0 Å². The largest absolute Gasteiger partial charge is 0.389 e. The summed E-state index contributed by atoms with van der Waals surface area (Å²) in [5, 5.41) is 19.4. The van der Waals surface area contributed by atoms with Crippen molar-refractivity contribution in [2.75, 3.05) is 6.61 Å². The number of aliphatic hydroxyl groups is 2. The topological polar surface area (TPSA) is 57.5 Å². The van der Waals surface area contributed by atoms with Crippen molar-refractivity contribution < 1.29 is 15.0 Å². The van der Waals surface area contributed by atoms with Gasteiger partial charge in [0, 0.05) is 5.92 Å². The molecule has 0 aromatic carbocycles. The molecule has 0 amide bonds. The first-order valence-corrected chi connectivity index (χ1v) is 9.93. The molecule has 7 atom stereocenters. The summed E-state index contributed by atoms with van der Waals surface area (Å²) in [6.45, 7) is 4.48. The van der Waals surface area contributed by atoms with Crippen LogP contribution in [0.2, 0.25) is 0 Å². The molecule has 0 spiro atoms. The summed E-state index contributed by atoms with van der Waals surface area (Å²) < 4.78 is 0. The number of hydrogen-bond acceptors (Lipinski definition) is 3. The van der Waals surface area contributed by atoms with E-state index in [-0.39, 0.29) is 35.2 Å². The van der Waals surface area contributed by atoms with Crippen LogP contribution in [0.4, 0.5) is 0 Å². The molecular formula is C21H32O3. The molecule has 3 heteroatoms. The molecule has 0 saturated heterocycles. The Morgan fingerprint density at radius 1 is 1.12 bits per heavy atom.